The van der Waals surface area contributed by atoms with Gasteiger partial charge in [-0.3, -0.25) is 4.68 Å². The van der Waals surface area contributed by atoms with Crippen LogP contribution < -0.4 is 5.32 Å². The van der Waals surface area contributed by atoms with Gasteiger partial charge in [-0.15, -0.1) is 0 Å². The molecule has 4 rings (SSSR count). The lowest BCUT2D eigenvalue weighted by atomic mass is 9.96. The third kappa shape index (κ3) is 3.50. The summed E-state index contributed by atoms with van der Waals surface area (Å²) < 4.78 is 7.90. The van der Waals surface area contributed by atoms with Crippen molar-refractivity contribution in [3.63, 3.8) is 0 Å². The summed E-state index contributed by atoms with van der Waals surface area (Å²) in [6.07, 6.45) is 6.66. The van der Waals surface area contributed by atoms with E-state index in [1.807, 2.05) is 10.9 Å². The van der Waals surface area contributed by atoms with Gasteiger partial charge >= 0.3 is 0 Å². The van der Waals surface area contributed by atoms with E-state index in [1.54, 1.807) is 0 Å². The van der Waals surface area contributed by atoms with Gasteiger partial charge in [0.2, 0.25) is 0 Å². The molecule has 5 heteroatoms. The Morgan fingerprint density at radius 2 is 2.08 bits per heavy atom. The molecule has 0 saturated carbocycles. The average Bonchev–Trinajstić information content (AvgIpc) is 3.31. The highest BCUT2D eigenvalue weighted by Gasteiger charge is 2.36. The normalized spacial score (nSPS) is 24.6. The molecule has 2 N–H and O–H groups in total. The van der Waals surface area contributed by atoms with Crippen LogP contribution in [0.4, 0.5) is 0 Å². The molecule has 1 aliphatic heterocycles. The molecule has 0 radical (unpaired) electrons. The maximum atomic E-state index is 10.9. The van der Waals surface area contributed by atoms with Crippen molar-refractivity contribution in [2.75, 3.05) is 19.7 Å². The maximum Gasteiger partial charge on any atom is 0.0896 e. The van der Waals surface area contributed by atoms with E-state index in [1.165, 1.54) is 11.1 Å². The van der Waals surface area contributed by atoms with E-state index in [2.05, 4.69) is 47.8 Å². The Morgan fingerprint density at radius 3 is 2.76 bits per heavy atom. The van der Waals surface area contributed by atoms with Gasteiger partial charge in [-0.05, 0) is 24.5 Å². The number of aryl methyl sites for hydroxylation is 1. The quantitative estimate of drug-likeness (QED) is 0.845. The largest absolute Gasteiger partial charge is 0.388 e. The van der Waals surface area contributed by atoms with Gasteiger partial charge in [-0.1, -0.05) is 24.3 Å². The number of hydrogen-bond acceptors (Lipinski definition) is 4. The molecule has 0 unspecified atom stereocenters. The van der Waals surface area contributed by atoms with Gasteiger partial charge in [-0.25, -0.2) is 0 Å². The molecule has 1 fully saturated rings. The van der Waals surface area contributed by atoms with Crippen molar-refractivity contribution in [2.45, 2.75) is 44.4 Å². The molecule has 2 atom stereocenters. The molecule has 2 aromatic rings. The van der Waals surface area contributed by atoms with Crippen LogP contribution in [-0.4, -0.2) is 40.2 Å². The van der Waals surface area contributed by atoms with Crippen molar-refractivity contribution in [2.24, 2.45) is 5.92 Å². The summed E-state index contributed by atoms with van der Waals surface area (Å²) in [5, 5.41) is 18.8. The van der Waals surface area contributed by atoms with Crippen LogP contribution in [0.3, 0.4) is 0 Å². The molecule has 2 aliphatic rings. The van der Waals surface area contributed by atoms with Gasteiger partial charge in [0.25, 0.3) is 0 Å². The second-order valence-corrected chi connectivity index (χ2v) is 7.45. The first-order valence-electron chi connectivity index (χ1n) is 9.31. The molecule has 2 heterocycles. The van der Waals surface area contributed by atoms with E-state index in [4.69, 9.17) is 4.74 Å². The molecule has 0 spiro atoms. The molecule has 0 amide bonds. The zero-order valence-electron chi connectivity index (χ0n) is 14.8. The summed E-state index contributed by atoms with van der Waals surface area (Å²) in [5.41, 5.74) is 3.06. The molecule has 134 valence electrons. The first kappa shape index (κ1) is 16.8. The van der Waals surface area contributed by atoms with Crippen molar-refractivity contribution in [1.82, 2.24) is 15.1 Å². The van der Waals surface area contributed by atoms with E-state index >= 15 is 0 Å². The number of benzene rings is 1. The lowest BCUT2D eigenvalue weighted by Crippen LogP contribution is -2.43. The molecule has 1 aromatic carbocycles. The Bertz CT molecular complexity index is 702. The first-order chi connectivity index (χ1) is 12.2. The third-order valence-corrected chi connectivity index (χ3v) is 5.54. The van der Waals surface area contributed by atoms with Crippen LogP contribution in [0.5, 0.6) is 0 Å². The molecular formula is C20H27N3O2. The number of fused-ring (bicyclic) bond motifs is 1. The van der Waals surface area contributed by atoms with Crippen molar-refractivity contribution in [3.05, 3.63) is 53.3 Å². The van der Waals surface area contributed by atoms with Crippen molar-refractivity contribution in [3.8, 4) is 0 Å². The van der Waals surface area contributed by atoms with Crippen LogP contribution in [0, 0.1) is 5.92 Å². The molecule has 5 nitrogen and oxygen atoms in total. The number of nitrogens with one attached hydrogen (secondary N) is 1. The predicted molar refractivity (Wildman–Crippen MR) is 96.4 cm³/mol. The Morgan fingerprint density at radius 1 is 1.32 bits per heavy atom. The minimum Gasteiger partial charge on any atom is -0.388 e. The number of aromatic nitrogens is 2. The third-order valence-electron chi connectivity index (χ3n) is 5.54. The molecule has 1 aliphatic carbocycles. The Labute approximate surface area is 149 Å². The fourth-order valence-electron chi connectivity index (χ4n) is 4.20. The number of hydrogen-bond donors (Lipinski definition) is 2. The summed E-state index contributed by atoms with van der Waals surface area (Å²) >= 11 is 0. The monoisotopic (exact) mass is 341 g/mol. The topological polar surface area (TPSA) is 59.3 Å². The average molecular weight is 341 g/mol. The summed E-state index contributed by atoms with van der Waals surface area (Å²) in [4.78, 5) is 0. The van der Waals surface area contributed by atoms with Gasteiger partial charge < -0.3 is 15.2 Å². The number of ether oxygens (including phenoxy) is 1. The van der Waals surface area contributed by atoms with Gasteiger partial charge in [0.05, 0.1) is 17.9 Å². The minimum absolute atomic E-state index is 0.114. The van der Waals surface area contributed by atoms with Crippen molar-refractivity contribution in [1.29, 1.82) is 0 Å². The number of rotatable bonds is 6. The van der Waals surface area contributed by atoms with Crippen LogP contribution in [0.15, 0.2) is 36.7 Å². The van der Waals surface area contributed by atoms with Gasteiger partial charge in [-0.2, -0.15) is 5.10 Å². The van der Waals surface area contributed by atoms with Crippen LogP contribution in [0.25, 0.3) is 0 Å². The van der Waals surface area contributed by atoms with Gasteiger partial charge in [0.15, 0.2) is 0 Å². The predicted octanol–water partition coefficient (Wildman–Crippen LogP) is 2.10. The van der Waals surface area contributed by atoms with E-state index < -0.39 is 5.60 Å². The van der Waals surface area contributed by atoms with Gasteiger partial charge in [0, 0.05) is 56.8 Å². The van der Waals surface area contributed by atoms with Crippen molar-refractivity contribution >= 4 is 0 Å². The molecular weight excluding hydrogens is 314 g/mol. The van der Waals surface area contributed by atoms with Crippen LogP contribution in [0.2, 0.25) is 0 Å². The molecule has 1 saturated heterocycles. The Hall–Kier alpha value is -1.69. The Balaban J connectivity index is 1.32. The van der Waals surface area contributed by atoms with Crippen LogP contribution in [0.1, 0.15) is 36.1 Å². The fraction of sp³-hybridized carbons (Fsp3) is 0.550. The second kappa shape index (κ2) is 6.90. The minimum atomic E-state index is -0.661. The first-order valence-corrected chi connectivity index (χ1v) is 9.31. The summed E-state index contributed by atoms with van der Waals surface area (Å²) in [6.45, 7) is 5.25. The van der Waals surface area contributed by atoms with Crippen LogP contribution in [-0.2, 0) is 24.1 Å². The smallest absolute Gasteiger partial charge is 0.0896 e. The number of aliphatic hydroxyl groups is 1. The lowest BCUT2D eigenvalue weighted by molar-refractivity contribution is 0.0473. The standard InChI is InChI=1S/C20H27N3O2/c1-2-23-13-18(12-22-23)19-17(7-8-25-19)11-21-14-20(24)9-15-5-3-4-6-16(15)10-20/h3-6,12-13,17,19,21,24H,2,7-11,14H2,1H3/t17-,19+/m0/s1. The zero-order chi connectivity index (χ0) is 17.3. The second-order valence-electron chi connectivity index (χ2n) is 7.45. The van der Waals surface area contributed by atoms with E-state index in [9.17, 15) is 5.11 Å². The molecule has 1 aromatic heterocycles. The lowest BCUT2D eigenvalue weighted by Gasteiger charge is -2.25. The highest BCUT2D eigenvalue weighted by atomic mass is 16.5. The summed E-state index contributed by atoms with van der Waals surface area (Å²) in [6, 6.07) is 8.35. The maximum absolute atomic E-state index is 10.9. The van der Waals surface area contributed by atoms with Crippen molar-refractivity contribution < 1.29 is 9.84 Å². The van der Waals surface area contributed by atoms with E-state index in [0.29, 0.717) is 12.5 Å². The Kier molecular flexibility index (Phi) is 4.63. The molecule has 25 heavy (non-hydrogen) atoms. The highest BCUT2D eigenvalue weighted by molar-refractivity contribution is 5.35. The fourth-order valence-corrected chi connectivity index (χ4v) is 4.20. The van der Waals surface area contributed by atoms with E-state index in [0.717, 1.165) is 44.5 Å². The van der Waals surface area contributed by atoms with Crippen LogP contribution >= 0.6 is 0 Å². The summed E-state index contributed by atoms with van der Waals surface area (Å²) in [7, 11) is 0. The highest BCUT2D eigenvalue weighted by Crippen LogP contribution is 2.34. The SMILES string of the molecule is CCn1cc([C@@H]2OCC[C@H]2CNCC2(O)Cc3ccccc3C2)cn1. The molecule has 0 bridgehead atoms. The zero-order valence-corrected chi connectivity index (χ0v) is 14.8. The van der Waals surface area contributed by atoms with E-state index in [-0.39, 0.29) is 6.10 Å². The summed E-state index contributed by atoms with van der Waals surface area (Å²) in [5.74, 6) is 0.432. The number of nitrogens with zero attached hydrogens (tertiary/aromatic N) is 2. The van der Waals surface area contributed by atoms with Gasteiger partial charge in [0.1, 0.15) is 0 Å².